The molecule has 0 saturated carbocycles. The van der Waals surface area contributed by atoms with E-state index in [1.165, 1.54) is 0 Å². The minimum absolute atomic E-state index is 0.264. The summed E-state index contributed by atoms with van der Waals surface area (Å²) >= 11 is 0. The third-order valence-corrected chi connectivity index (χ3v) is 5.34. The second-order valence-electron chi connectivity index (χ2n) is 7.55. The van der Waals surface area contributed by atoms with Crippen LogP contribution in [0.1, 0.15) is 27.0 Å². The van der Waals surface area contributed by atoms with Gasteiger partial charge in [-0.05, 0) is 54.8 Å². The molecule has 1 aliphatic heterocycles. The van der Waals surface area contributed by atoms with Gasteiger partial charge < -0.3 is 20.3 Å². The highest BCUT2D eigenvalue weighted by Crippen LogP contribution is 2.36. The molecule has 0 radical (unpaired) electrons. The average Bonchev–Trinajstić information content (AvgIpc) is 2.72. The molecule has 158 valence electrons. The van der Waals surface area contributed by atoms with Crippen LogP contribution in [-0.4, -0.2) is 34.1 Å². The van der Waals surface area contributed by atoms with Crippen molar-refractivity contribution in [3.05, 3.63) is 79.8 Å². The largest absolute Gasteiger partial charge is 0.478 e. The van der Waals surface area contributed by atoms with Gasteiger partial charge in [0, 0.05) is 19.6 Å². The summed E-state index contributed by atoms with van der Waals surface area (Å²) in [7, 11) is 0. The fourth-order valence-electron chi connectivity index (χ4n) is 3.53. The Bertz CT molecular complexity index is 1330. The number of aromatic nitrogens is 2. The molecule has 0 amide bonds. The van der Waals surface area contributed by atoms with Crippen LogP contribution < -0.4 is 26.6 Å². The highest BCUT2D eigenvalue weighted by Gasteiger charge is 2.23. The van der Waals surface area contributed by atoms with Crippen LogP contribution in [0.4, 0.5) is 17.2 Å². The summed E-state index contributed by atoms with van der Waals surface area (Å²) in [6.07, 6.45) is 0. The number of aromatic amines is 1. The van der Waals surface area contributed by atoms with Crippen LogP contribution in [-0.2, 0) is 6.54 Å². The molecule has 2 aromatic carbocycles. The second kappa shape index (κ2) is 8.16. The normalized spacial score (nSPS) is 12.1. The number of hydrogen-bond acceptors (Lipinski definition) is 6. The first-order valence-electron chi connectivity index (χ1n) is 9.93. The molecule has 3 N–H and O–H groups in total. The molecule has 2 heterocycles. The van der Waals surface area contributed by atoms with Crippen molar-refractivity contribution in [3.63, 3.8) is 0 Å². The molecule has 0 atom stereocenters. The maximum atomic E-state index is 12.5. The molecule has 0 unspecified atom stereocenters. The zero-order chi connectivity index (χ0) is 22.1. The summed E-state index contributed by atoms with van der Waals surface area (Å²) in [5.74, 6) is -0.442. The third kappa shape index (κ3) is 4.10. The van der Waals surface area contributed by atoms with Gasteiger partial charge in [-0.3, -0.25) is 4.79 Å². The number of nitrogens with zero attached hydrogens (tertiary/aromatic N) is 3. The van der Waals surface area contributed by atoms with Crippen LogP contribution in [0.3, 0.4) is 0 Å². The number of fused-ring (bicyclic) bond motifs is 2. The Hall–Kier alpha value is -3.78. The lowest BCUT2D eigenvalue weighted by Gasteiger charge is -2.28. The van der Waals surface area contributed by atoms with Crippen LogP contribution in [0, 0.1) is 13.8 Å². The Morgan fingerprint density at radius 3 is 2.61 bits per heavy atom. The molecule has 8 nitrogen and oxygen atoms in total. The smallest absolute Gasteiger partial charge is 0.335 e. The lowest BCUT2D eigenvalue weighted by atomic mass is 10.1. The van der Waals surface area contributed by atoms with E-state index in [0.29, 0.717) is 30.9 Å². The van der Waals surface area contributed by atoms with Gasteiger partial charge in [0.25, 0.3) is 5.56 Å². The highest BCUT2D eigenvalue weighted by atomic mass is 16.4. The van der Waals surface area contributed by atoms with Gasteiger partial charge in [0.15, 0.2) is 11.2 Å². The van der Waals surface area contributed by atoms with Gasteiger partial charge in [-0.25, -0.2) is 14.8 Å². The van der Waals surface area contributed by atoms with E-state index in [0.717, 1.165) is 28.1 Å². The van der Waals surface area contributed by atoms with E-state index in [-0.39, 0.29) is 16.5 Å². The number of carbonyl (C=O) groups is 1. The number of aryl methyl sites for hydroxylation is 2. The molecule has 8 heteroatoms. The number of carboxylic acid groups (broad SMARTS) is 1. The van der Waals surface area contributed by atoms with Crippen LogP contribution in [0.15, 0.2) is 46.2 Å². The van der Waals surface area contributed by atoms with Crippen molar-refractivity contribution in [3.8, 4) is 0 Å². The fraction of sp³-hybridized carbons (Fsp3) is 0.217. The van der Waals surface area contributed by atoms with Crippen molar-refractivity contribution >= 4 is 29.7 Å². The van der Waals surface area contributed by atoms with E-state index >= 15 is 0 Å². The fourth-order valence-corrected chi connectivity index (χ4v) is 3.53. The number of anilines is 2. The van der Waals surface area contributed by atoms with Gasteiger partial charge in [0.2, 0.25) is 0 Å². The highest BCUT2D eigenvalue weighted by molar-refractivity contribution is 5.87. The van der Waals surface area contributed by atoms with Crippen LogP contribution in [0.5, 0.6) is 0 Å². The molecule has 0 fully saturated rings. The number of aromatic carboxylic acids is 1. The maximum Gasteiger partial charge on any atom is 0.335 e. The topological polar surface area (TPSA) is 111 Å². The van der Waals surface area contributed by atoms with Gasteiger partial charge in [-0.1, -0.05) is 18.7 Å². The van der Waals surface area contributed by atoms with Gasteiger partial charge in [-0.2, -0.15) is 0 Å². The first-order chi connectivity index (χ1) is 14.8. The minimum atomic E-state index is -0.940. The van der Waals surface area contributed by atoms with Crippen LogP contribution in [0.2, 0.25) is 0 Å². The molecule has 0 bridgehead atoms. The lowest BCUT2D eigenvalue weighted by molar-refractivity contribution is 0.0697. The van der Waals surface area contributed by atoms with Crippen LogP contribution >= 0.6 is 0 Å². The molecule has 0 spiro atoms. The molecule has 0 aliphatic carbocycles. The van der Waals surface area contributed by atoms with Crippen molar-refractivity contribution < 1.29 is 9.90 Å². The van der Waals surface area contributed by atoms with E-state index in [1.54, 1.807) is 24.3 Å². The van der Waals surface area contributed by atoms with E-state index in [4.69, 9.17) is 5.11 Å². The van der Waals surface area contributed by atoms with Crippen molar-refractivity contribution in [2.45, 2.75) is 20.4 Å². The molecule has 1 aromatic heterocycles. The standard InChI is InChI=1S/C23H23N5O3/c1-13-10-18-19(11-14(13)2)28(21-20(27-18)22(29)26-15(3)25-21)9-8-24-12-16-4-6-17(7-5-16)23(30)31/h4-7,10-11,24H,3,8-9,12H2,1-2H3,(H,26,29)(H,30,31). The number of nitrogens with one attached hydrogen (secondary N) is 2. The number of benzene rings is 2. The zero-order valence-corrected chi connectivity index (χ0v) is 17.4. The van der Waals surface area contributed by atoms with Crippen molar-refractivity contribution in [2.75, 3.05) is 18.0 Å². The van der Waals surface area contributed by atoms with Gasteiger partial charge in [0.05, 0.1) is 16.9 Å². The second-order valence-corrected chi connectivity index (χ2v) is 7.55. The molecule has 31 heavy (non-hydrogen) atoms. The van der Waals surface area contributed by atoms with E-state index in [1.807, 2.05) is 24.8 Å². The summed E-state index contributed by atoms with van der Waals surface area (Å²) < 4.78 is 0. The van der Waals surface area contributed by atoms with Crippen molar-refractivity contribution in [2.24, 2.45) is 4.99 Å². The molecule has 3 aromatic rings. The first-order valence-corrected chi connectivity index (χ1v) is 9.93. The van der Waals surface area contributed by atoms with E-state index < -0.39 is 5.97 Å². The minimum Gasteiger partial charge on any atom is -0.478 e. The Labute approximate surface area is 178 Å². The quantitative estimate of drug-likeness (QED) is 0.527. The maximum absolute atomic E-state index is 12.5. The monoisotopic (exact) mass is 417 g/mol. The molecule has 0 saturated heterocycles. The third-order valence-electron chi connectivity index (χ3n) is 5.34. The van der Waals surface area contributed by atoms with Gasteiger partial charge in [0.1, 0.15) is 5.48 Å². The van der Waals surface area contributed by atoms with Gasteiger partial charge in [-0.15, -0.1) is 0 Å². The summed E-state index contributed by atoms with van der Waals surface area (Å²) in [5, 5.41) is 12.7. The zero-order valence-electron chi connectivity index (χ0n) is 17.4. The summed E-state index contributed by atoms with van der Waals surface area (Å²) in [6, 6.07) is 10.8. The van der Waals surface area contributed by atoms with Crippen LogP contribution in [0.25, 0.3) is 6.58 Å². The Balaban J connectivity index is 1.57. The summed E-state index contributed by atoms with van der Waals surface area (Å²) in [6.45, 7) is 9.61. The number of H-pyrrole nitrogens is 1. The SMILES string of the molecule is C=c1nc2c(c(=O)[nH]1)=Nc1cc(C)c(C)cc1N2CCNCc1ccc(C(=O)O)cc1. The number of carboxylic acids is 1. The lowest BCUT2D eigenvalue weighted by Crippen LogP contribution is -2.43. The Kier molecular flexibility index (Phi) is 5.39. The molecule has 1 aliphatic rings. The van der Waals surface area contributed by atoms with E-state index in [2.05, 4.69) is 32.9 Å². The predicted molar refractivity (Wildman–Crippen MR) is 119 cm³/mol. The first kappa shape index (κ1) is 20.5. The summed E-state index contributed by atoms with van der Waals surface area (Å²) in [5.41, 5.74) is 5.11. The number of hydrogen-bond donors (Lipinski definition) is 3. The number of rotatable bonds is 6. The Morgan fingerprint density at radius 2 is 1.90 bits per heavy atom. The molecular weight excluding hydrogens is 394 g/mol. The average molecular weight is 417 g/mol. The Morgan fingerprint density at radius 1 is 1.19 bits per heavy atom. The molecular formula is C23H23N5O3. The molecule has 4 rings (SSSR count). The van der Waals surface area contributed by atoms with E-state index in [9.17, 15) is 9.59 Å². The van der Waals surface area contributed by atoms with Gasteiger partial charge >= 0.3 is 5.97 Å². The van der Waals surface area contributed by atoms with Crippen molar-refractivity contribution in [1.82, 2.24) is 15.3 Å². The van der Waals surface area contributed by atoms with Crippen molar-refractivity contribution in [1.29, 1.82) is 0 Å². The predicted octanol–water partition coefficient (Wildman–Crippen LogP) is 1.69. The summed E-state index contributed by atoms with van der Waals surface area (Å²) in [4.78, 5) is 37.1.